The van der Waals surface area contributed by atoms with E-state index in [1.54, 1.807) is 36.0 Å². The maximum atomic E-state index is 12.9. The quantitative estimate of drug-likeness (QED) is 0.735. The van der Waals surface area contributed by atoms with E-state index in [4.69, 9.17) is 0 Å². The molecular weight excluding hydrogens is 360 g/mol. The lowest BCUT2D eigenvalue weighted by Gasteiger charge is -2.36. The lowest BCUT2D eigenvalue weighted by Crippen LogP contribution is -2.52. The van der Waals surface area contributed by atoms with Crippen LogP contribution >= 0.6 is 0 Å². The number of nitrogens with zero attached hydrogens (tertiary/aromatic N) is 4. The third-order valence-electron chi connectivity index (χ3n) is 4.99. The molecule has 0 aromatic heterocycles. The Kier molecular flexibility index (Phi) is 5.40. The fourth-order valence-corrected chi connectivity index (χ4v) is 3.52. The van der Waals surface area contributed by atoms with Crippen molar-refractivity contribution >= 4 is 23.8 Å². The number of urea groups is 1. The lowest BCUT2D eigenvalue weighted by molar-refractivity contribution is 0.0635. The topological polar surface area (TPSA) is 81.2 Å². The van der Waals surface area contributed by atoms with Gasteiger partial charge in [0, 0.05) is 52.4 Å². The van der Waals surface area contributed by atoms with Crippen molar-refractivity contribution in [2.45, 2.75) is 13.8 Å². The molecule has 150 valence electrons. The van der Waals surface area contributed by atoms with Gasteiger partial charge in [-0.3, -0.25) is 19.3 Å². The molecule has 0 spiro atoms. The first kappa shape index (κ1) is 19.9. The maximum absolute atomic E-state index is 12.9. The number of carbonyl (C=O) groups excluding carboxylic acids is 4. The van der Waals surface area contributed by atoms with Gasteiger partial charge < -0.3 is 14.7 Å². The van der Waals surface area contributed by atoms with E-state index in [0.29, 0.717) is 43.9 Å². The van der Waals surface area contributed by atoms with Crippen LogP contribution in [0.1, 0.15) is 44.9 Å². The minimum Gasteiger partial charge on any atom is -0.335 e. The van der Waals surface area contributed by atoms with Crippen molar-refractivity contribution in [2.24, 2.45) is 5.92 Å². The summed E-state index contributed by atoms with van der Waals surface area (Å²) in [6.07, 6.45) is 0. The maximum Gasteiger partial charge on any atom is 0.319 e. The molecule has 1 aromatic rings. The molecule has 1 fully saturated rings. The second-order valence-electron chi connectivity index (χ2n) is 7.83. The molecule has 2 aliphatic heterocycles. The Balaban J connectivity index is 1.72. The van der Waals surface area contributed by atoms with Crippen molar-refractivity contribution < 1.29 is 19.2 Å². The zero-order chi connectivity index (χ0) is 20.6. The van der Waals surface area contributed by atoms with Crippen LogP contribution in [0, 0.1) is 5.92 Å². The van der Waals surface area contributed by atoms with E-state index in [-0.39, 0.29) is 35.2 Å². The van der Waals surface area contributed by atoms with Gasteiger partial charge in [0.1, 0.15) is 0 Å². The summed E-state index contributed by atoms with van der Waals surface area (Å²) in [4.78, 5) is 56.1. The summed E-state index contributed by atoms with van der Waals surface area (Å²) in [5.41, 5.74) is 1.03. The number of hydrogen-bond acceptors (Lipinski definition) is 4. The largest absolute Gasteiger partial charge is 0.335 e. The molecule has 2 aliphatic rings. The fourth-order valence-electron chi connectivity index (χ4n) is 3.52. The molecular formula is C20H26N4O4. The number of benzene rings is 1. The predicted octanol–water partition coefficient (Wildman–Crippen LogP) is 1.38. The van der Waals surface area contributed by atoms with E-state index in [0.717, 1.165) is 0 Å². The Hall–Kier alpha value is -2.90. The minimum atomic E-state index is -0.343. The standard InChI is InChI=1S/C20H26N4O4/c1-13(2)12-24-18(26)15-6-5-14(11-16(15)19(24)27)17(25)22-7-9-23(10-8-22)20(28)21(3)4/h5-6,11,13H,7-10,12H2,1-4H3. The van der Waals surface area contributed by atoms with Crippen LogP contribution in [-0.2, 0) is 0 Å². The van der Waals surface area contributed by atoms with Crippen LogP contribution in [-0.4, -0.2) is 90.2 Å². The van der Waals surface area contributed by atoms with Gasteiger partial charge in [0.25, 0.3) is 17.7 Å². The molecule has 0 saturated carbocycles. The van der Waals surface area contributed by atoms with Crippen molar-refractivity contribution in [1.82, 2.24) is 19.6 Å². The molecule has 0 aliphatic carbocycles. The van der Waals surface area contributed by atoms with Gasteiger partial charge in [-0.2, -0.15) is 0 Å². The molecule has 0 atom stereocenters. The van der Waals surface area contributed by atoms with Crippen LogP contribution in [0.15, 0.2) is 18.2 Å². The summed E-state index contributed by atoms with van der Waals surface area (Å²) in [6.45, 7) is 6.04. The van der Waals surface area contributed by atoms with Gasteiger partial charge in [-0.15, -0.1) is 0 Å². The predicted molar refractivity (Wildman–Crippen MR) is 103 cm³/mol. The number of hydrogen-bond donors (Lipinski definition) is 0. The third kappa shape index (κ3) is 3.58. The molecule has 8 nitrogen and oxygen atoms in total. The molecule has 8 heteroatoms. The zero-order valence-corrected chi connectivity index (χ0v) is 16.8. The molecule has 28 heavy (non-hydrogen) atoms. The van der Waals surface area contributed by atoms with E-state index in [1.165, 1.54) is 15.9 Å². The van der Waals surface area contributed by atoms with E-state index in [2.05, 4.69) is 0 Å². The van der Waals surface area contributed by atoms with Gasteiger partial charge in [0.15, 0.2) is 0 Å². The number of amides is 5. The Bertz CT molecular complexity index is 825. The van der Waals surface area contributed by atoms with Crippen LogP contribution in [0.5, 0.6) is 0 Å². The summed E-state index contributed by atoms with van der Waals surface area (Å²) in [5.74, 6) is -0.667. The smallest absolute Gasteiger partial charge is 0.319 e. The number of fused-ring (bicyclic) bond motifs is 1. The molecule has 0 radical (unpaired) electrons. The zero-order valence-electron chi connectivity index (χ0n) is 16.8. The first-order valence-corrected chi connectivity index (χ1v) is 9.46. The first-order chi connectivity index (χ1) is 13.2. The van der Waals surface area contributed by atoms with Gasteiger partial charge in [-0.1, -0.05) is 13.8 Å². The van der Waals surface area contributed by atoms with Gasteiger partial charge in [-0.25, -0.2) is 4.79 Å². The number of piperazine rings is 1. The van der Waals surface area contributed by atoms with Gasteiger partial charge in [0.2, 0.25) is 0 Å². The second kappa shape index (κ2) is 7.61. The monoisotopic (exact) mass is 386 g/mol. The van der Waals surface area contributed by atoms with E-state index in [9.17, 15) is 19.2 Å². The van der Waals surface area contributed by atoms with E-state index < -0.39 is 0 Å². The highest BCUT2D eigenvalue weighted by Crippen LogP contribution is 2.25. The Morgan fingerprint density at radius 3 is 2.11 bits per heavy atom. The van der Waals surface area contributed by atoms with Crippen molar-refractivity contribution in [1.29, 1.82) is 0 Å². The highest BCUT2D eigenvalue weighted by atomic mass is 16.2. The van der Waals surface area contributed by atoms with Gasteiger partial charge in [-0.05, 0) is 24.1 Å². The summed E-state index contributed by atoms with van der Waals surface area (Å²) >= 11 is 0. The molecule has 0 N–H and O–H groups in total. The number of imide groups is 1. The van der Waals surface area contributed by atoms with Gasteiger partial charge >= 0.3 is 6.03 Å². The first-order valence-electron chi connectivity index (χ1n) is 9.46. The van der Waals surface area contributed by atoms with Crippen LogP contribution in [0.4, 0.5) is 4.79 Å². The average Bonchev–Trinajstić information content (AvgIpc) is 2.91. The van der Waals surface area contributed by atoms with Crippen molar-refractivity contribution in [3.05, 3.63) is 34.9 Å². The summed E-state index contributed by atoms with van der Waals surface area (Å²) in [7, 11) is 3.40. The molecule has 1 aromatic carbocycles. The van der Waals surface area contributed by atoms with E-state index >= 15 is 0 Å². The van der Waals surface area contributed by atoms with E-state index in [1.807, 2.05) is 13.8 Å². The van der Waals surface area contributed by atoms with Crippen molar-refractivity contribution in [3.63, 3.8) is 0 Å². The third-order valence-corrected chi connectivity index (χ3v) is 4.99. The number of rotatable bonds is 3. The Labute approximate surface area is 164 Å². The molecule has 3 rings (SSSR count). The van der Waals surface area contributed by atoms with Crippen LogP contribution < -0.4 is 0 Å². The molecule has 0 bridgehead atoms. The molecule has 2 heterocycles. The van der Waals surface area contributed by atoms with Crippen LogP contribution in [0.25, 0.3) is 0 Å². The summed E-state index contributed by atoms with van der Waals surface area (Å²) < 4.78 is 0. The fraction of sp³-hybridized carbons (Fsp3) is 0.500. The SMILES string of the molecule is CC(C)CN1C(=O)c2ccc(C(=O)N3CCN(C(=O)N(C)C)CC3)cc2C1=O. The lowest BCUT2D eigenvalue weighted by atomic mass is 10.0. The highest BCUT2D eigenvalue weighted by molar-refractivity contribution is 6.22. The number of carbonyl (C=O) groups is 4. The normalized spacial score (nSPS) is 16.7. The van der Waals surface area contributed by atoms with Crippen LogP contribution in [0.3, 0.4) is 0 Å². The molecule has 1 saturated heterocycles. The minimum absolute atomic E-state index is 0.0704. The molecule has 0 unspecified atom stereocenters. The highest BCUT2D eigenvalue weighted by Gasteiger charge is 2.36. The Morgan fingerprint density at radius 2 is 1.54 bits per heavy atom. The Morgan fingerprint density at radius 1 is 0.964 bits per heavy atom. The molecule has 5 amide bonds. The van der Waals surface area contributed by atoms with Gasteiger partial charge in [0.05, 0.1) is 11.1 Å². The average molecular weight is 386 g/mol. The van der Waals surface area contributed by atoms with Crippen molar-refractivity contribution in [3.8, 4) is 0 Å². The second-order valence-corrected chi connectivity index (χ2v) is 7.83. The summed E-state index contributed by atoms with van der Waals surface area (Å²) in [6, 6.07) is 4.62. The van der Waals surface area contributed by atoms with Crippen LogP contribution in [0.2, 0.25) is 0 Å². The summed E-state index contributed by atoms with van der Waals surface area (Å²) in [5, 5.41) is 0. The van der Waals surface area contributed by atoms with Crippen molar-refractivity contribution in [2.75, 3.05) is 46.8 Å².